The first kappa shape index (κ1) is 21.3. The molecule has 4 aromatic rings. The maximum atomic E-state index is 13.8. The zero-order valence-electron chi connectivity index (χ0n) is 17.6. The van der Waals surface area contributed by atoms with Gasteiger partial charge in [-0.1, -0.05) is 11.8 Å². The van der Waals surface area contributed by atoms with Gasteiger partial charge in [0.05, 0.1) is 21.1 Å². The Hall–Kier alpha value is -3.54. The van der Waals surface area contributed by atoms with Crippen molar-refractivity contribution in [3.63, 3.8) is 0 Å². The number of ether oxygens (including phenoxy) is 1. The molecule has 0 saturated carbocycles. The monoisotopic (exact) mass is 462 g/mol. The molecule has 1 aliphatic heterocycles. The number of hydrogen-bond donors (Lipinski definition) is 2. The van der Waals surface area contributed by atoms with Crippen LogP contribution in [0.4, 0.5) is 20.3 Å². The number of aromatic nitrogens is 2. The molecular weight excluding hydrogens is 442 g/mol. The lowest BCUT2D eigenvalue weighted by Gasteiger charge is -2.09. The highest BCUT2D eigenvalue weighted by Gasteiger charge is 2.12. The average Bonchev–Trinajstić information content (AvgIpc) is 3.49. The van der Waals surface area contributed by atoms with Gasteiger partial charge in [0.15, 0.2) is 5.82 Å². The van der Waals surface area contributed by atoms with Crippen LogP contribution in [0.15, 0.2) is 54.9 Å². The number of nitrogens with one attached hydrogen (secondary N) is 2. The topological polar surface area (TPSA) is 59.1 Å². The first-order valence-electron chi connectivity index (χ1n) is 10.6. The summed E-state index contributed by atoms with van der Waals surface area (Å²) in [5, 5.41) is 6.69. The molecule has 1 fully saturated rings. The van der Waals surface area contributed by atoms with Crippen molar-refractivity contribution < 1.29 is 13.5 Å². The summed E-state index contributed by atoms with van der Waals surface area (Å²) in [6.07, 6.45) is 3.77. The molecule has 0 amide bonds. The maximum Gasteiger partial charge on any atom is 0.151 e. The third kappa shape index (κ3) is 5.11. The van der Waals surface area contributed by atoms with Gasteiger partial charge in [0.25, 0.3) is 0 Å². The summed E-state index contributed by atoms with van der Waals surface area (Å²) in [4.78, 5) is 9.71. The Kier molecular flexibility index (Phi) is 6.15. The number of fused-ring (bicyclic) bond motifs is 1. The molecule has 1 aliphatic rings. The van der Waals surface area contributed by atoms with Crippen LogP contribution in [-0.4, -0.2) is 22.6 Å². The zero-order chi connectivity index (χ0) is 22.6. The van der Waals surface area contributed by atoms with E-state index in [4.69, 9.17) is 4.74 Å². The number of benzene rings is 2. The Morgan fingerprint density at radius 3 is 2.82 bits per heavy atom. The highest BCUT2D eigenvalue weighted by atomic mass is 32.1. The minimum atomic E-state index is -0.498. The van der Waals surface area contributed by atoms with Gasteiger partial charge in [0.1, 0.15) is 30.3 Å². The molecule has 8 heteroatoms. The predicted molar refractivity (Wildman–Crippen MR) is 126 cm³/mol. The van der Waals surface area contributed by atoms with Crippen LogP contribution in [0.3, 0.4) is 0 Å². The zero-order valence-corrected chi connectivity index (χ0v) is 18.4. The van der Waals surface area contributed by atoms with E-state index in [0.717, 1.165) is 58.4 Å². The molecule has 0 bridgehead atoms. The average molecular weight is 463 g/mol. The third-order valence-corrected chi connectivity index (χ3v) is 6.31. The summed E-state index contributed by atoms with van der Waals surface area (Å²) >= 11 is 1.56. The van der Waals surface area contributed by atoms with Crippen LogP contribution < -0.4 is 15.4 Å². The van der Waals surface area contributed by atoms with Crippen molar-refractivity contribution >= 4 is 33.1 Å². The summed E-state index contributed by atoms with van der Waals surface area (Å²) < 4.78 is 33.6. The lowest BCUT2D eigenvalue weighted by Crippen LogP contribution is -2.18. The first-order valence-corrected chi connectivity index (χ1v) is 11.4. The fraction of sp³-hybridized carbons (Fsp3) is 0.200. The lowest BCUT2D eigenvalue weighted by atomic mass is 10.2. The number of hydrogen-bond acceptors (Lipinski definition) is 6. The van der Waals surface area contributed by atoms with Crippen molar-refractivity contribution in [1.82, 2.24) is 15.3 Å². The molecule has 0 aliphatic carbocycles. The minimum absolute atomic E-state index is 0.0573. The van der Waals surface area contributed by atoms with Gasteiger partial charge in [-0.15, -0.1) is 11.3 Å². The number of thiophene rings is 1. The van der Waals surface area contributed by atoms with E-state index >= 15 is 0 Å². The minimum Gasteiger partial charge on any atom is -0.489 e. The second-order valence-corrected chi connectivity index (χ2v) is 8.69. The number of halogens is 2. The van der Waals surface area contributed by atoms with E-state index in [1.54, 1.807) is 23.5 Å². The van der Waals surface area contributed by atoms with E-state index in [1.807, 2.05) is 18.2 Å². The van der Waals surface area contributed by atoms with E-state index in [2.05, 4.69) is 32.4 Å². The van der Waals surface area contributed by atoms with Gasteiger partial charge in [0, 0.05) is 11.3 Å². The van der Waals surface area contributed by atoms with Crippen LogP contribution in [0, 0.1) is 23.5 Å². The van der Waals surface area contributed by atoms with Crippen molar-refractivity contribution in [3.05, 3.63) is 76.9 Å². The van der Waals surface area contributed by atoms with Crippen LogP contribution in [0.2, 0.25) is 0 Å². The van der Waals surface area contributed by atoms with Crippen LogP contribution in [0.25, 0.3) is 10.2 Å². The van der Waals surface area contributed by atoms with Gasteiger partial charge < -0.3 is 15.4 Å². The molecule has 0 spiro atoms. The van der Waals surface area contributed by atoms with E-state index < -0.39 is 11.6 Å². The fourth-order valence-corrected chi connectivity index (χ4v) is 4.47. The Bertz CT molecular complexity index is 1340. The largest absolute Gasteiger partial charge is 0.489 e. The standard InChI is InChI=1S/C25H20F2N4OS/c26-17-3-10-22(27)16(12-17)14-32-20-7-4-19(5-8-20)31-25-24-23(29-15-30-25)13-21(33-24)9-6-18-2-1-11-28-18/h3-5,7-8,10,12-13,15,18,28H,1-2,11,14H2,(H,29,30,31)/t18-/m1/s1. The molecule has 0 radical (unpaired) electrons. The second-order valence-electron chi connectivity index (χ2n) is 7.64. The van der Waals surface area contributed by atoms with Gasteiger partial charge in [-0.25, -0.2) is 18.7 Å². The smallest absolute Gasteiger partial charge is 0.151 e. The van der Waals surface area contributed by atoms with Crippen LogP contribution in [-0.2, 0) is 6.61 Å². The van der Waals surface area contributed by atoms with Crippen LogP contribution in [0.5, 0.6) is 5.75 Å². The van der Waals surface area contributed by atoms with Crippen LogP contribution in [0.1, 0.15) is 23.3 Å². The normalized spacial score (nSPS) is 15.3. The van der Waals surface area contributed by atoms with Crippen molar-refractivity contribution in [2.75, 3.05) is 11.9 Å². The Balaban J connectivity index is 1.27. The van der Waals surface area contributed by atoms with E-state index in [9.17, 15) is 8.78 Å². The summed E-state index contributed by atoms with van der Waals surface area (Å²) in [5.74, 6) is 6.79. The van der Waals surface area contributed by atoms with Gasteiger partial charge >= 0.3 is 0 Å². The molecule has 1 atom stereocenters. The predicted octanol–water partition coefficient (Wildman–Crippen LogP) is 5.40. The molecule has 1 saturated heterocycles. The van der Waals surface area contributed by atoms with Crippen molar-refractivity contribution in [2.45, 2.75) is 25.5 Å². The molecule has 2 N–H and O–H groups in total. The SMILES string of the molecule is Fc1ccc(F)c(COc2ccc(Nc3ncnc4cc(C#C[C@H]5CCCN5)sc34)cc2)c1. The number of anilines is 2. The Morgan fingerprint density at radius 1 is 1.12 bits per heavy atom. The van der Waals surface area contributed by atoms with Gasteiger partial charge in [-0.05, 0) is 67.9 Å². The quantitative estimate of drug-likeness (QED) is 0.389. The molecule has 5 nitrogen and oxygen atoms in total. The van der Waals surface area contributed by atoms with Gasteiger partial charge in [-0.3, -0.25) is 0 Å². The van der Waals surface area contributed by atoms with Crippen molar-refractivity contribution in [3.8, 4) is 17.6 Å². The molecule has 166 valence electrons. The van der Waals surface area contributed by atoms with Gasteiger partial charge in [-0.2, -0.15) is 0 Å². The van der Waals surface area contributed by atoms with E-state index in [-0.39, 0.29) is 18.2 Å². The first-order chi connectivity index (χ1) is 16.1. The molecule has 3 heterocycles. The maximum absolute atomic E-state index is 13.8. The van der Waals surface area contributed by atoms with Crippen molar-refractivity contribution in [1.29, 1.82) is 0 Å². The van der Waals surface area contributed by atoms with Crippen molar-refractivity contribution in [2.24, 2.45) is 0 Å². The number of nitrogens with zero attached hydrogens (tertiary/aromatic N) is 2. The summed E-state index contributed by atoms with van der Waals surface area (Å²) in [7, 11) is 0. The fourth-order valence-electron chi connectivity index (χ4n) is 3.56. The van der Waals surface area contributed by atoms with E-state index in [1.165, 1.54) is 6.33 Å². The highest BCUT2D eigenvalue weighted by molar-refractivity contribution is 7.20. The third-order valence-electron chi connectivity index (χ3n) is 5.26. The summed E-state index contributed by atoms with van der Waals surface area (Å²) in [5.41, 5.74) is 1.83. The highest BCUT2D eigenvalue weighted by Crippen LogP contribution is 2.31. The molecule has 2 aromatic carbocycles. The molecule has 33 heavy (non-hydrogen) atoms. The molecule has 5 rings (SSSR count). The molecule has 0 unspecified atom stereocenters. The molecule has 2 aromatic heterocycles. The molecular formula is C25H20F2N4OS. The summed E-state index contributed by atoms with van der Waals surface area (Å²) in [6.45, 7) is 0.967. The summed E-state index contributed by atoms with van der Waals surface area (Å²) in [6, 6.07) is 12.8. The van der Waals surface area contributed by atoms with Crippen LogP contribution >= 0.6 is 11.3 Å². The Morgan fingerprint density at radius 2 is 2.00 bits per heavy atom. The lowest BCUT2D eigenvalue weighted by molar-refractivity contribution is 0.299. The second kappa shape index (κ2) is 9.53. The Labute approximate surface area is 193 Å². The number of rotatable bonds is 5. The van der Waals surface area contributed by atoms with Gasteiger partial charge in [0.2, 0.25) is 0 Å². The van der Waals surface area contributed by atoms with E-state index in [0.29, 0.717) is 11.6 Å².